The summed E-state index contributed by atoms with van der Waals surface area (Å²) in [5.41, 5.74) is 5.75. The number of nitrogen functional groups attached to an aromatic ring is 1. The lowest BCUT2D eigenvalue weighted by atomic mass is 10.3. The van der Waals surface area contributed by atoms with Gasteiger partial charge < -0.3 is 10.5 Å². The summed E-state index contributed by atoms with van der Waals surface area (Å²) in [6.45, 7) is 0. The first kappa shape index (κ1) is 10.1. The second-order valence-electron chi connectivity index (χ2n) is 3.05. The summed E-state index contributed by atoms with van der Waals surface area (Å²) < 4.78 is 5.06. The van der Waals surface area contributed by atoms with Gasteiger partial charge in [0.1, 0.15) is 11.6 Å². The van der Waals surface area contributed by atoms with Crippen LogP contribution in [-0.4, -0.2) is 15.9 Å². The van der Waals surface area contributed by atoms with E-state index in [2.05, 4.69) is 9.97 Å². The topological polar surface area (TPSA) is 78.1 Å². The molecular formula is C11H9N3O2. The van der Waals surface area contributed by atoms with Crippen LogP contribution in [0.1, 0.15) is 10.4 Å². The van der Waals surface area contributed by atoms with E-state index in [4.69, 9.17) is 10.5 Å². The third kappa shape index (κ3) is 2.33. The molecule has 16 heavy (non-hydrogen) atoms. The maximum Gasteiger partial charge on any atom is 0.345 e. The second-order valence-corrected chi connectivity index (χ2v) is 3.05. The number of hydrogen-bond acceptors (Lipinski definition) is 5. The zero-order chi connectivity index (χ0) is 11.4. The van der Waals surface area contributed by atoms with E-state index in [1.807, 2.05) is 0 Å². The van der Waals surface area contributed by atoms with Crippen molar-refractivity contribution in [3.8, 4) is 5.75 Å². The summed E-state index contributed by atoms with van der Waals surface area (Å²) in [4.78, 5) is 19.2. The van der Waals surface area contributed by atoms with E-state index in [1.165, 1.54) is 12.4 Å². The molecule has 0 aliphatic carbocycles. The Morgan fingerprint density at radius 2 is 2.12 bits per heavy atom. The van der Waals surface area contributed by atoms with Gasteiger partial charge in [0.2, 0.25) is 0 Å². The van der Waals surface area contributed by atoms with Crippen LogP contribution in [0.5, 0.6) is 5.75 Å². The molecule has 0 radical (unpaired) electrons. The van der Waals surface area contributed by atoms with Crippen LogP contribution in [0.3, 0.4) is 0 Å². The van der Waals surface area contributed by atoms with E-state index in [9.17, 15) is 4.79 Å². The van der Waals surface area contributed by atoms with Gasteiger partial charge in [-0.25, -0.2) is 9.78 Å². The number of carbonyl (C=O) groups excluding carboxylic acids is 1. The van der Waals surface area contributed by atoms with Crippen LogP contribution < -0.4 is 10.5 Å². The van der Waals surface area contributed by atoms with Gasteiger partial charge in [-0.05, 0) is 24.3 Å². The Balaban J connectivity index is 2.12. The maximum absolute atomic E-state index is 11.6. The molecule has 2 N–H and O–H groups in total. The van der Waals surface area contributed by atoms with Crippen LogP contribution in [0.15, 0.2) is 42.9 Å². The first-order chi connectivity index (χ1) is 7.75. The molecule has 0 saturated carbocycles. The zero-order valence-electron chi connectivity index (χ0n) is 8.33. The number of hydrogen-bond donors (Lipinski definition) is 1. The molecule has 5 nitrogen and oxygen atoms in total. The SMILES string of the molecule is Nc1ccc(C(=O)Oc2cccnc2)cn1. The largest absolute Gasteiger partial charge is 0.421 e. The van der Waals surface area contributed by atoms with Gasteiger partial charge in [0.15, 0.2) is 0 Å². The highest BCUT2D eigenvalue weighted by molar-refractivity contribution is 5.90. The van der Waals surface area contributed by atoms with Crippen LogP contribution in [0, 0.1) is 0 Å². The fraction of sp³-hybridized carbons (Fsp3) is 0. The molecule has 0 bridgehead atoms. The smallest absolute Gasteiger partial charge is 0.345 e. The number of nitrogens with two attached hydrogens (primary N) is 1. The molecule has 0 unspecified atom stereocenters. The number of aromatic nitrogens is 2. The van der Waals surface area contributed by atoms with Gasteiger partial charge in [0, 0.05) is 12.4 Å². The molecule has 0 aliphatic heterocycles. The van der Waals surface area contributed by atoms with Gasteiger partial charge >= 0.3 is 5.97 Å². The number of nitrogens with zero attached hydrogens (tertiary/aromatic N) is 2. The molecule has 2 aromatic rings. The zero-order valence-corrected chi connectivity index (χ0v) is 8.33. The Kier molecular flexibility index (Phi) is 2.77. The molecule has 0 amide bonds. The van der Waals surface area contributed by atoms with Crippen molar-refractivity contribution < 1.29 is 9.53 Å². The minimum Gasteiger partial charge on any atom is -0.421 e. The summed E-state index contributed by atoms with van der Waals surface area (Å²) in [7, 11) is 0. The van der Waals surface area contributed by atoms with E-state index >= 15 is 0 Å². The predicted octanol–water partition coefficient (Wildman–Crippen LogP) is 1.28. The third-order valence-electron chi connectivity index (χ3n) is 1.87. The van der Waals surface area contributed by atoms with Crippen molar-refractivity contribution in [2.75, 3.05) is 5.73 Å². The van der Waals surface area contributed by atoms with Crippen LogP contribution in [0.4, 0.5) is 5.82 Å². The summed E-state index contributed by atoms with van der Waals surface area (Å²) in [5.74, 6) is 0.266. The minimum absolute atomic E-state index is 0.345. The average molecular weight is 215 g/mol. The lowest BCUT2D eigenvalue weighted by molar-refractivity contribution is 0.0734. The normalized spacial score (nSPS) is 9.75. The average Bonchev–Trinajstić information content (AvgIpc) is 2.31. The van der Waals surface area contributed by atoms with Crippen molar-refractivity contribution in [1.82, 2.24) is 9.97 Å². The molecule has 0 atom stereocenters. The van der Waals surface area contributed by atoms with Gasteiger partial charge in [-0.1, -0.05) is 0 Å². The van der Waals surface area contributed by atoms with E-state index in [0.29, 0.717) is 17.1 Å². The minimum atomic E-state index is -0.486. The Morgan fingerprint density at radius 1 is 1.25 bits per heavy atom. The molecule has 2 heterocycles. The molecule has 2 rings (SSSR count). The van der Waals surface area contributed by atoms with Crippen molar-refractivity contribution >= 4 is 11.8 Å². The molecule has 0 spiro atoms. The Bertz CT molecular complexity index is 482. The molecule has 0 fully saturated rings. The molecule has 0 saturated heterocycles. The summed E-state index contributed by atoms with van der Waals surface area (Å²) in [6, 6.07) is 6.43. The quantitative estimate of drug-likeness (QED) is 0.763. The van der Waals surface area contributed by atoms with Gasteiger partial charge in [-0.2, -0.15) is 0 Å². The summed E-state index contributed by atoms with van der Waals surface area (Å²) >= 11 is 0. The van der Waals surface area contributed by atoms with E-state index in [-0.39, 0.29) is 0 Å². The molecular weight excluding hydrogens is 206 g/mol. The third-order valence-corrected chi connectivity index (χ3v) is 1.87. The standard InChI is InChI=1S/C11H9N3O2/c12-10-4-3-8(6-14-10)11(15)16-9-2-1-5-13-7-9/h1-7H,(H2,12,14). The highest BCUT2D eigenvalue weighted by Gasteiger charge is 2.08. The number of ether oxygens (including phenoxy) is 1. The Hall–Kier alpha value is -2.43. The van der Waals surface area contributed by atoms with Crippen LogP contribution in [0.2, 0.25) is 0 Å². The van der Waals surface area contributed by atoms with Crippen molar-refractivity contribution in [1.29, 1.82) is 0 Å². The first-order valence-electron chi connectivity index (χ1n) is 4.59. The molecule has 0 aromatic carbocycles. The molecule has 0 aliphatic rings. The fourth-order valence-electron chi connectivity index (χ4n) is 1.10. The van der Waals surface area contributed by atoms with Crippen molar-refractivity contribution in [2.45, 2.75) is 0 Å². The van der Waals surface area contributed by atoms with Gasteiger partial charge in [0.25, 0.3) is 0 Å². The predicted molar refractivity (Wildman–Crippen MR) is 57.8 cm³/mol. The van der Waals surface area contributed by atoms with Crippen LogP contribution in [0.25, 0.3) is 0 Å². The fourth-order valence-corrected chi connectivity index (χ4v) is 1.10. The number of pyridine rings is 2. The van der Waals surface area contributed by atoms with Gasteiger partial charge in [-0.3, -0.25) is 4.98 Å². The highest BCUT2D eigenvalue weighted by atomic mass is 16.5. The molecule has 5 heteroatoms. The van der Waals surface area contributed by atoms with Crippen LogP contribution in [-0.2, 0) is 0 Å². The second kappa shape index (κ2) is 4.39. The number of esters is 1. The maximum atomic E-state index is 11.6. The number of carbonyl (C=O) groups is 1. The van der Waals surface area contributed by atoms with E-state index in [0.717, 1.165) is 0 Å². The molecule has 80 valence electrons. The Labute approximate surface area is 91.9 Å². The highest BCUT2D eigenvalue weighted by Crippen LogP contribution is 2.10. The van der Waals surface area contributed by atoms with Gasteiger partial charge in [-0.15, -0.1) is 0 Å². The van der Waals surface area contributed by atoms with Crippen molar-refractivity contribution in [2.24, 2.45) is 0 Å². The van der Waals surface area contributed by atoms with E-state index in [1.54, 1.807) is 30.5 Å². The van der Waals surface area contributed by atoms with Crippen LogP contribution >= 0.6 is 0 Å². The van der Waals surface area contributed by atoms with Gasteiger partial charge in [0.05, 0.1) is 11.8 Å². The first-order valence-corrected chi connectivity index (χ1v) is 4.59. The van der Waals surface area contributed by atoms with Crippen molar-refractivity contribution in [3.05, 3.63) is 48.4 Å². The lowest BCUT2D eigenvalue weighted by Crippen LogP contribution is -2.09. The summed E-state index contributed by atoms with van der Waals surface area (Å²) in [6.07, 6.45) is 4.43. The Morgan fingerprint density at radius 3 is 2.75 bits per heavy atom. The number of rotatable bonds is 2. The monoisotopic (exact) mass is 215 g/mol. The summed E-state index contributed by atoms with van der Waals surface area (Å²) in [5, 5.41) is 0. The molecule has 2 aromatic heterocycles. The van der Waals surface area contributed by atoms with E-state index < -0.39 is 5.97 Å². The lowest BCUT2D eigenvalue weighted by Gasteiger charge is -2.02. The van der Waals surface area contributed by atoms with Crippen molar-refractivity contribution in [3.63, 3.8) is 0 Å². The number of anilines is 1.